The van der Waals surface area contributed by atoms with E-state index in [1.807, 2.05) is 24.0 Å². The van der Waals surface area contributed by atoms with Crippen molar-refractivity contribution in [1.82, 2.24) is 14.5 Å². The van der Waals surface area contributed by atoms with Crippen LogP contribution >= 0.6 is 11.8 Å². The molecule has 2 aliphatic rings. The normalized spacial score (nSPS) is 22.7. The fraction of sp³-hybridized carbons (Fsp3) is 0.385. The third-order valence-electron chi connectivity index (χ3n) is 6.72. The van der Waals surface area contributed by atoms with Crippen molar-refractivity contribution in [2.45, 2.75) is 59.2 Å². The van der Waals surface area contributed by atoms with Crippen LogP contribution in [0.25, 0.3) is 5.69 Å². The van der Waals surface area contributed by atoms with E-state index in [-0.39, 0.29) is 12.1 Å². The van der Waals surface area contributed by atoms with E-state index in [1.165, 1.54) is 38.9 Å². The number of fused-ring (bicyclic) bond motifs is 1. The first-order valence-corrected chi connectivity index (χ1v) is 12.1. The Morgan fingerprint density at radius 2 is 1.90 bits per heavy atom. The second kappa shape index (κ2) is 7.86. The average molecular weight is 431 g/mol. The Labute approximate surface area is 189 Å². The van der Waals surface area contributed by atoms with Crippen LogP contribution in [-0.4, -0.2) is 31.4 Å². The van der Waals surface area contributed by atoms with Gasteiger partial charge in [0.1, 0.15) is 6.04 Å². The van der Waals surface area contributed by atoms with Crippen molar-refractivity contribution in [2.24, 2.45) is 4.99 Å². The summed E-state index contributed by atoms with van der Waals surface area (Å²) in [6, 6.07) is 16.0. The molecule has 1 saturated heterocycles. The van der Waals surface area contributed by atoms with Gasteiger partial charge in [-0.25, -0.2) is 0 Å². The summed E-state index contributed by atoms with van der Waals surface area (Å²) in [6.45, 7) is 11.1. The summed E-state index contributed by atoms with van der Waals surface area (Å²) < 4.78 is 2.43. The molecule has 4 heterocycles. The molecule has 0 unspecified atom stereocenters. The third kappa shape index (κ3) is 3.30. The predicted molar refractivity (Wildman–Crippen MR) is 130 cm³/mol. The van der Waals surface area contributed by atoms with Crippen molar-refractivity contribution < 1.29 is 0 Å². The zero-order valence-electron chi connectivity index (χ0n) is 19.0. The molecule has 4 nitrogen and oxygen atoms in total. The Bertz CT molecular complexity index is 1150. The van der Waals surface area contributed by atoms with E-state index in [1.54, 1.807) is 0 Å². The number of hydrogen-bond donors (Lipinski definition) is 0. The van der Waals surface area contributed by atoms with Crippen molar-refractivity contribution in [3.8, 4) is 5.69 Å². The fourth-order valence-electron chi connectivity index (χ4n) is 5.10. The standard InChI is InChI=1S/C26H30N4S/c1-6-20-15-31-26-28-24(22-9-7-8-12-27-22)25(30(20)26)21-14-18(4)29(19(21)5)23-13-16(2)10-11-17(23)3/h7-14,20,24-25H,6,15H2,1-5H3/t20-,24+,25+/m1/s1. The molecule has 0 radical (unpaired) electrons. The van der Waals surface area contributed by atoms with Crippen molar-refractivity contribution in [3.05, 3.63) is 82.4 Å². The monoisotopic (exact) mass is 430 g/mol. The van der Waals surface area contributed by atoms with Gasteiger partial charge in [-0.05, 0) is 75.1 Å². The molecular weight excluding hydrogens is 400 g/mol. The Morgan fingerprint density at radius 3 is 2.65 bits per heavy atom. The van der Waals surface area contributed by atoms with Crippen molar-refractivity contribution >= 4 is 16.9 Å². The van der Waals surface area contributed by atoms with Crippen LogP contribution in [0.2, 0.25) is 0 Å². The lowest BCUT2D eigenvalue weighted by Gasteiger charge is -2.32. The van der Waals surface area contributed by atoms with Crippen LogP contribution in [0.5, 0.6) is 0 Å². The third-order valence-corrected chi connectivity index (χ3v) is 7.85. The maximum absolute atomic E-state index is 5.19. The van der Waals surface area contributed by atoms with Gasteiger partial charge in [-0.1, -0.05) is 36.9 Å². The number of amidine groups is 1. The second-order valence-electron chi connectivity index (χ2n) is 8.79. The number of aliphatic imine (C=N–C) groups is 1. The highest BCUT2D eigenvalue weighted by Crippen LogP contribution is 2.49. The first-order chi connectivity index (χ1) is 15.0. The first kappa shape index (κ1) is 20.4. The van der Waals surface area contributed by atoms with Crippen LogP contribution in [0, 0.1) is 27.7 Å². The van der Waals surface area contributed by atoms with Crippen LogP contribution in [0.4, 0.5) is 0 Å². The summed E-state index contributed by atoms with van der Waals surface area (Å²) in [5, 5.41) is 1.18. The van der Waals surface area contributed by atoms with Crippen LogP contribution < -0.4 is 0 Å². The lowest BCUT2D eigenvalue weighted by molar-refractivity contribution is 0.254. The molecule has 0 amide bonds. The summed E-state index contributed by atoms with van der Waals surface area (Å²) >= 11 is 1.90. The van der Waals surface area contributed by atoms with Crippen molar-refractivity contribution in [3.63, 3.8) is 0 Å². The summed E-state index contributed by atoms with van der Waals surface area (Å²) in [5.74, 6) is 1.12. The topological polar surface area (TPSA) is 33.4 Å². The van der Waals surface area contributed by atoms with Crippen LogP contribution in [-0.2, 0) is 0 Å². The largest absolute Gasteiger partial charge is 0.338 e. The minimum Gasteiger partial charge on any atom is -0.338 e. The van der Waals surface area contributed by atoms with Crippen molar-refractivity contribution in [2.75, 3.05) is 5.75 Å². The Kier molecular flexibility index (Phi) is 5.17. The van der Waals surface area contributed by atoms with Gasteiger partial charge in [-0.3, -0.25) is 9.98 Å². The van der Waals surface area contributed by atoms with E-state index in [0.717, 1.165) is 17.9 Å². The smallest absolute Gasteiger partial charge is 0.160 e. The van der Waals surface area contributed by atoms with Crippen LogP contribution in [0.3, 0.4) is 0 Å². The molecule has 31 heavy (non-hydrogen) atoms. The molecule has 3 aromatic rings. The van der Waals surface area contributed by atoms with E-state index in [0.29, 0.717) is 6.04 Å². The Morgan fingerprint density at radius 1 is 1.06 bits per heavy atom. The minimum atomic E-state index is 0.0330. The number of nitrogens with zero attached hydrogens (tertiary/aromatic N) is 4. The molecule has 160 valence electrons. The molecular formula is C26H30N4S. The van der Waals surface area contributed by atoms with E-state index in [4.69, 9.17) is 9.98 Å². The van der Waals surface area contributed by atoms with E-state index in [2.05, 4.69) is 80.5 Å². The van der Waals surface area contributed by atoms with Gasteiger partial charge in [0.2, 0.25) is 0 Å². The minimum absolute atomic E-state index is 0.0330. The summed E-state index contributed by atoms with van der Waals surface area (Å²) in [6.07, 6.45) is 3.02. The van der Waals surface area contributed by atoms with E-state index >= 15 is 0 Å². The molecule has 1 aromatic carbocycles. The molecule has 5 rings (SSSR count). The lowest BCUT2D eigenvalue weighted by Crippen LogP contribution is -2.35. The van der Waals surface area contributed by atoms with Crippen LogP contribution in [0.15, 0.2) is 53.7 Å². The second-order valence-corrected chi connectivity index (χ2v) is 9.78. The van der Waals surface area contributed by atoms with Gasteiger partial charge in [0, 0.05) is 35.1 Å². The molecule has 0 spiro atoms. The van der Waals surface area contributed by atoms with Gasteiger partial charge in [0.25, 0.3) is 0 Å². The molecule has 0 aliphatic carbocycles. The predicted octanol–water partition coefficient (Wildman–Crippen LogP) is 6.09. The number of aromatic nitrogens is 2. The molecule has 5 heteroatoms. The molecule has 2 aromatic heterocycles. The van der Waals surface area contributed by atoms with Gasteiger partial charge >= 0.3 is 0 Å². The lowest BCUT2D eigenvalue weighted by atomic mass is 9.95. The Hall–Kier alpha value is -2.53. The number of benzene rings is 1. The highest BCUT2D eigenvalue weighted by molar-refractivity contribution is 8.14. The summed E-state index contributed by atoms with van der Waals surface area (Å²) in [5.41, 5.74) is 8.86. The quantitative estimate of drug-likeness (QED) is 0.502. The average Bonchev–Trinajstić information content (AvgIpc) is 3.42. The highest BCUT2D eigenvalue weighted by Gasteiger charge is 2.46. The maximum atomic E-state index is 5.19. The van der Waals surface area contributed by atoms with Crippen LogP contribution in [0.1, 0.15) is 59.2 Å². The number of hydrogen-bond acceptors (Lipinski definition) is 4. The summed E-state index contributed by atoms with van der Waals surface area (Å²) in [7, 11) is 0. The van der Waals surface area contributed by atoms with E-state index < -0.39 is 0 Å². The fourth-order valence-corrected chi connectivity index (χ4v) is 6.44. The maximum Gasteiger partial charge on any atom is 0.160 e. The Balaban J connectivity index is 1.66. The number of rotatable bonds is 4. The molecule has 2 aliphatic heterocycles. The van der Waals surface area contributed by atoms with Crippen molar-refractivity contribution in [1.29, 1.82) is 0 Å². The molecule has 1 fully saturated rings. The first-order valence-electron chi connectivity index (χ1n) is 11.2. The number of aryl methyl sites for hydroxylation is 3. The molecule has 0 saturated carbocycles. The zero-order valence-corrected chi connectivity index (χ0v) is 19.8. The zero-order chi connectivity index (χ0) is 21.7. The van der Waals surface area contributed by atoms with Gasteiger partial charge in [-0.15, -0.1) is 0 Å². The SMILES string of the molecule is CC[C@@H]1CSC2=N[C@@H](c3ccccn3)[C@H](c3cc(C)n(-c4cc(C)ccc4C)c3C)N21. The number of pyridine rings is 1. The molecule has 0 N–H and O–H groups in total. The summed E-state index contributed by atoms with van der Waals surface area (Å²) in [4.78, 5) is 12.5. The van der Waals surface area contributed by atoms with Gasteiger partial charge in [-0.2, -0.15) is 0 Å². The van der Waals surface area contributed by atoms with Gasteiger partial charge in [0.05, 0.1) is 11.7 Å². The van der Waals surface area contributed by atoms with Gasteiger partial charge < -0.3 is 9.47 Å². The number of thioether (sulfide) groups is 1. The molecule has 0 bridgehead atoms. The molecule has 3 atom stereocenters. The highest BCUT2D eigenvalue weighted by atomic mass is 32.2. The van der Waals surface area contributed by atoms with Gasteiger partial charge in [0.15, 0.2) is 5.17 Å². The van der Waals surface area contributed by atoms with E-state index in [9.17, 15) is 0 Å².